The van der Waals surface area contributed by atoms with E-state index >= 15 is 0 Å². The Balaban J connectivity index is 1.40. The Bertz CT molecular complexity index is 491. The summed E-state index contributed by atoms with van der Waals surface area (Å²) in [5.74, 6) is 3.75. The number of hydrogen-bond acceptors (Lipinski definition) is 5. The number of thioether (sulfide) groups is 1. The van der Waals surface area contributed by atoms with Crippen LogP contribution in [-0.2, 0) is 0 Å². The standard InChI is InChI=1S/C16H25N3O2S/c1-12-15(11-18-21-12)16(20)17-10-13-2-6-19(7-3-13)14-4-8-22-9-5-14/h11,13-14H,2-10H2,1H3,(H,17,20). The van der Waals surface area contributed by atoms with Gasteiger partial charge in [-0.15, -0.1) is 0 Å². The molecule has 5 nitrogen and oxygen atoms in total. The van der Waals surface area contributed by atoms with Crippen LogP contribution in [0.3, 0.4) is 0 Å². The molecule has 2 saturated heterocycles. The van der Waals surface area contributed by atoms with Gasteiger partial charge in [0, 0.05) is 12.6 Å². The van der Waals surface area contributed by atoms with E-state index in [2.05, 4.69) is 27.1 Å². The summed E-state index contributed by atoms with van der Waals surface area (Å²) in [4.78, 5) is 14.7. The lowest BCUT2D eigenvalue weighted by Gasteiger charge is -2.39. The number of carbonyl (C=O) groups is 1. The van der Waals surface area contributed by atoms with E-state index in [-0.39, 0.29) is 5.91 Å². The third kappa shape index (κ3) is 3.84. The first-order valence-electron chi connectivity index (χ1n) is 8.25. The molecule has 1 aromatic heterocycles. The molecule has 2 fully saturated rings. The number of piperidine rings is 1. The molecule has 0 aromatic carbocycles. The Morgan fingerprint density at radius 1 is 1.36 bits per heavy atom. The van der Waals surface area contributed by atoms with E-state index in [1.54, 1.807) is 6.92 Å². The number of nitrogens with one attached hydrogen (secondary N) is 1. The van der Waals surface area contributed by atoms with Crippen LogP contribution < -0.4 is 5.32 Å². The fraction of sp³-hybridized carbons (Fsp3) is 0.750. The lowest BCUT2D eigenvalue weighted by molar-refractivity contribution is 0.0919. The Morgan fingerprint density at radius 2 is 2.09 bits per heavy atom. The normalized spacial score (nSPS) is 21.9. The minimum absolute atomic E-state index is 0.0644. The molecule has 6 heteroatoms. The van der Waals surface area contributed by atoms with Crippen LogP contribution in [0.4, 0.5) is 0 Å². The highest BCUT2D eigenvalue weighted by molar-refractivity contribution is 7.99. The third-order valence-corrected chi connectivity index (χ3v) is 5.95. The van der Waals surface area contributed by atoms with E-state index in [4.69, 9.17) is 4.52 Å². The molecule has 0 aliphatic carbocycles. The fourth-order valence-corrected chi connectivity index (χ4v) is 4.50. The zero-order chi connectivity index (χ0) is 15.4. The van der Waals surface area contributed by atoms with Crippen molar-refractivity contribution < 1.29 is 9.32 Å². The summed E-state index contributed by atoms with van der Waals surface area (Å²) in [6.45, 7) is 4.89. The lowest BCUT2D eigenvalue weighted by Crippen LogP contribution is -2.45. The predicted molar refractivity (Wildman–Crippen MR) is 88.2 cm³/mol. The van der Waals surface area contributed by atoms with E-state index in [1.807, 2.05) is 0 Å². The number of aromatic nitrogens is 1. The molecule has 0 spiro atoms. The zero-order valence-electron chi connectivity index (χ0n) is 13.2. The second-order valence-corrected chi connectivity index (χ2v) is 7.55. The lowest BCUT2D eigenvalue weighted by atomic mass is 9.94. The second kappa shape index (κ2) is 7.51. The van der Waals surface area contributed by atoms with Gasteiger partial charge in [-0.05, 0) is 63.1 Å². The molecule has 122 valence electrons. The molecular formula is C16H25N3O2S. The topological polar surface area (TPSA) is 58.4 Å². The fourth-order valence-electron chi connectivity index (χ4n) is 3.42. The molecule has 0 bridgehead atoms. The van der Waals surface area contributed by atoms with Gasteiger partial charge in [0.05, 0.1) is 6.20 Å². The molecule has 0 radical (unpaired) electrons. The first kappa shape index (κ1) is 15.9. The van der Waals surface area contributed by atoms with Gasteiger partial charge in [-0.25, -0.2) is 0 Å². The van der Waals surface area contributed by atoms with Gasteiger partial charge in [0.1, 0.15) is 11.3 Å². The number of carbonyl (C=O) groups excluding carboxylic acids is 1. The molecule has 22 heavy (non-hydrogen) atoms. The van der Waals surface area contributed by atoms with Crippen LogP contribution in [0.1, 0.15) is 41.8 Å². The molecule has 2 aliphatic heterocycles. The van der Waals surface area contributed by atoms with Gasteiger partial charge in [-0.3, -0.25) is 4.79 Å². The van der Waals surface area contributed by atoms with Gasteiger partial charge >= 0.3 is 0 Å². The number of aryl methyl sites for hydroxylation is 1. The maximum atomic E-state index is 12.1. The highest BCUT2D eigenvalue weighted by atomic mass is 32.2. The van der Waals surface area contributed by atoms with Crippen LogP contribution in [0.5, 0.6) is 0 Å². The van der Waals surface area contributed by atoms with E-state index in [9.17, 15) is 4.79 Å². The van der Waals surface area contributed by atoms with Crippen LogP contribution >= 0.6 is 11.8 Å². The Labute approximate surface area is 136 Å². The zero-order valence-corrected chi connectivity index (χ0v) is 14.0. The number of nitrogens with zero attached hydrogens (tertiary/aromatic N) is 2. The molecule has 1 amide bonds. The molecule has 1 aromatic rings. The van der Waals surface area contributed by atoms with Crippen molar-refractivity contribution in [2.45, 2.75) is 38.6 Å². The van der Waals surface area contributed by atoms with Gasteiger partial charge < -0.3 is 14.7 Å². The van der Waals surface area contributed by atoms with Gasteiger partial charge in [0.15, 0.2) is 0 Å². The van der Waals surface area contributed by atoms with Gasteiger partial charge in [-0.2, -0.15) is 11.8 Å². The number of rotatable bonds is 4. The number of likely N-dealkylation sites (tertiary alicyclic amines) is 1. The number of hydrogen-bond donors (Lipinski definition) is 1. The maximum absolute atomic E-state index is 12.1. The van der Waals surface area contributed by atoms with Crippen molar-refractivity contribution >= 4 is 17.7 Å². The number of amides is 1. The van der Waals surface area contributed by atoms with Crippen LogP contribution in [0.15, 0.2) is 10.7 Å². The quantitative estimate of drug-likeness (QED) is 0.921. The van der Waals surface area contributed by atoms with Gasteiger partial charge in [0.25, 0.3) is 5.91 Å². The largest absolute Gasteiger partial charge is 0.361 e. The molecule has 3 rings (SSSR count). The summed E-state index contributed by atoms with van der Waals surface area (Å²) in [6, 6.07) is 0.802. The van der Waals surface area contributed by atoms with Crippen molar-refractivity contribution in [3.8, 4) is 0 Å². The second-order valence-electron chi connectivity index (χ2n) is 6.33. The minimum atomic E-state index is -0.0644. The molecule has 2 aliphatic rings. The Morgan fingerprint density at radius 3 is 2.73 bits per heavy atom. The summed E-state index contributed by atoms with van der Waals surface area (Å²) in [7, 11) is 0. The van der Waals surface area contributed by atoms with Gasteiger partial charge in [-0.1, -0.05) is 5.16 Å². The molecule has 0 atom stereocenters. The van der Waals surface area contributed by atoms with Gasteiger partial charge in [0.2, 0.25) is 0 Å². The van der Waals surface area contributed by atoms with E-state index in [0.717, 1.165) is 12.6 Å². The SMILES string of the molecule is Cc1oncc1C(=O)NCC1CCN(C2CCSCC2)CC1. The van der Waals surface area contributed by atoms with Crippen LogP contribution in [0.25, 0.3) is 0 Å². The van der Waals surface area contributed by atoms with Crippen LogP contribution in [0, 0.1) is 12.8 Å². The highest BCUT2D eigenvalue weighted by Crippen LogP contribution is 2.26. The first-order chi connectivity index (χ1) is 10.7. The molecule has 0 saturated carbocycles. The van der Waals surface area contributed by atoms with Crippen molar-refractivity contribution in [1.29, 1.82) is 0 Å². The summed E-state index contributed by atoms with van der Waals surface area (Å²) >= 11 is 2.09. The Hall–Kier alpha value is -1.01. The molecule has 1 N–H and O–H groups in total. The van der Waals surface area contributed by atoms with Crippen molar-refractivity contribution in [2.75, 3.05) is 31.1 Å². The highest BCUT2D eigenvalue weighted by Gasteiger charge is 2.26. The Kier molecular flexibility index (Phi) is 5.41. The summed E-state index contributed by atoms with van der Waals surface area (Å²) < 4.78 is 4.94. The van der Waals surface area contributed by atoms with E-state index < -0.39 is 0 Å². The summed E-state index contributed by atoms with van der Waals surface area (Å²) in [5.41, 5.74) is 0.553. The van der Waals surface area contributed by atoms with Crippen LogP contribution in [0.2, 0.25) is 0 Å². The van der Waals surface area contributed by atoms with E-state index in [0.29, 0.717) is 17.2 Å². The molecule has 0 unspecified atom stereocenters. The third-order valence-electron chi connectivity index (χ3n) is 4.90. The maximum Gasteiger partial charge on any atom is 0.256 e. The minimum Gasteiger partial charge on any atom is -0.361 e. The van der Waals surface area contributed by atoms with Crippen LogP contribution in [-0.4, -0.2) is 53.1 Å². The van der Waals surface area contributed by atoms with Crippen molar-refractivity contribution in [1.82, 2.24) is 15.4 Å². The van der Waals surface area contributed by atoms with Crippen molar-refractivity contribution in [2.24, 2.45) is 5.92 Å². The summed E-state index contributed by atoms with van der Waals surface area (Å²) in [6.07, 6.45) is 6.56. The van der Waals surface area contributed by atoms with Crippen molar-refractivity contribution in [3.63, 3.8) is 0 Å². The molecule has 3 heterocycles. The predicted octanol–water partition coefficient (Wildman–Crippen LogP) is 2.32. The van der Waals surface area contributed by atoms with Crippen molar-refractivity contribution in [3.05, 3.63) is 17.5 Å². The monoisotopic (exact) mass is 323 g/mol. The van der Waals surface area contributed by atoms with E-state index in [1.165, 1.54) is 56.5 Å². The average molecular weight is 323 g/mol. The summed E-state index contributed by atoms with van der Waals surface area (Å²) in [5, 5.41) is 6.68. The smallest absolute Gasteiger partial charge is 0.256 e. The molecular weight excluding hydrogens is 298 g/mol. The first-order valence-corrected chi connectivity index (χ1v) is 9.41. The average Bonchev–Trinajstić information content (AvgIpc) is 3.00.